The van der Waals surface area contributed by atoms with Crippen molar-refractivity contribution in [3.8, 4) is 17.2 Å². The molecule has 1 atom stereocenters. The van der Waals surface area contributed by atoms with Crippen LogP contribution in [0.25, 0.3) is 0 Å². The van der Waals surface area contributed by atoms with E-state index in [2.05, 4.69) is 0 Å². The van der Waals surface area contributed by atoms with Crippen LogP contribution >= 0.6 is 0 Å². The van der Waals surface area contributed by atoms with Crippen LogP contribution in [0.1, 0.15) is 17.3 Å². The van der Waals surface area contributed by atoms with E-state index in [9.17, 15) is 23.1 Å². The normalized spacial score (nSPS) is 13.8. The predicted octanol–water partition coefficient (Wildman–Crippen LogP) is 2.29. The fourth-order valence-corrected chi connectivity index (χ4v) is 2.04. The molecule has 1 aromatic carbocycles. The quantitative estimate of drug-likeness (QED) is 0.626. The molecule has 152 valence electrons. The summed E-state index contributed by atoms with van der Waals surface area (Å²) in [6, 6.07) is 2.55. The number of alkyl halides is 3. The molecule has 0 saturated heterocycles. The second-order valence-corrected chi connectivity index (χ2v) is 5.28. The van der Waals surface area contributed by atoms with Gasteiger partial charge in [-0.3, -0.25) is 4.79 Å². The molecule has 0 radical (unpaired) electrons. The number of aliphatic hydroxyl groups is 1. The highest BCUT2D eigenvalue weighted by Gasteiger charge is 2.52. The first-order valence-electron chi connectivity index (χ1n) is 7.80. The van der Waals surface area contributed by atoms with Crippen LogP contribution in [-0.4, -0.2) is 57.3 Å². The van der Waals surface area contributed by atoms with Crippen LogP contribution in [0, 0.1) is 0 Å². The van der Waals surface area contributed by atoms with Crippen molar-refractivity contribution in [3.63, 3.8) is 0 Å². The molecule has 0 bridgehead atoms. The van der Waals surface area contributed by atoms with Crippen molar-refractivity contribution in [1.82, 2.24) is 5.32 Å². The fourth-order valence-electron chi connectivity index (χ4n) is 2.04. The summed E-state index contributed by atoms with van der Waals surface area (Å²) in [5.74, 6) is -0.335. The Morgan fingerprint density at radius 1 is 1.15 bits per heavy atom. The largest absolute Gasteiger partial charge is 0.502 e. The summed E-state index contributed by atoms with van der Waals surface area (Å²) in [4.78, 5) is 12.3. The number of ether oxygens (including phenoxy) is 4. The lowest BCUT2D eigenvalue weighted by molar-refractivity contribution is -0.237. The Hall–Kier alpha value is -2.62. The zero-order chi connectivity index (χ0) is 20.7. The first-order valence-corrected chi connectivity index (χ1v) is 7.80. The topological polar surface area (TPSA) is 86.3 Å². The van der Waals surface area contributed by atoms with Crippen molar-refractivity contribution in [2.75, 3.05) is 34.5 Å². The number of hydrogen-bond acceptors (Lipinski definition) is 6. The van der Waals surface area contributed by atoms with Gasteiger partial charge in [0.2, 0.25) is 5.75 Å². The Morgan fingerprint density at radius 3 is 2.11 bits per heavy atom. The van der Waals surface area contributed by atoms with Crippen LogP contribution in [0.4, 0.5) is 13.2 Å². The SMILES string of the molecule is CCO/C=C/[C@@](O)(CNC(=O)c1cc(OC)c(OC)c(OC)c1)C(F)(F)F. The van der Waals surface area contributed by atoms with Gasteiger partial charge in [0.25, 0.3) is 5.91 Å². The van der Waals surface area contributed by atoms with Crippen molar-refractivity contribution in [1.29, 1.82) is 0 Å². The summed E-state index contributed by atoms with van der Waals surface area (Å²) in [6.45, 7) is 0.584. The van der Waals surface area contributed by atoms with E-state index in [1.54, 1.807) is 6.92 Å². The van der Waals surface area contributed by atoms with Crippen molar-refractivity contribution in [2.24, 2.45) is 0 Å². The van der Waals surface area contributed by atoms with E-state index < -0.39 is 24.2 Å². The van der Waals surface area contributed by atoms with E-state index in [4.69, 9.17) is 18.9 Å². The van der Waals surface area contributed by atoms with Gasteiger partial charge in [-0.2, -0.15) is 13.2 Å². The molecule has 0 aliphatic heterocycles. The van der Waals surface area contributed by atoms with Gasteiger partial charge in [-0.15, -0.1) is 0 Å². The lowest BCUT2D eigenvalue weighted by Gasteiger charge is -2.27. The molecule has 1 amide bonds. The number of halogens is 3. The molecule has 0 aliphatic rings. The Balaban J connectivity index is 3.06. The molecule has 0 aliphatic carbocycles. The minimum absolute atomic E-state index is 0.0391. The molecular weight excluding hydrogens is 371 g/mol. The van der Waals surface area contributed by atoms with Gasteiger partial charge in [0.15, 0.2) is 17.1 Å². The highest BCUT2D eigenvalue weighted by molar-refractivity contribution is 5.95. The van der Waals surface area contributed by atoms with Crippen molar-refractivity contribution in [2.45, 2.75) is 18.7 Å². The van der Waals surface area contributed by atoms with Crippen LogP contribution in [0.15, 0.2) is 24.5 Å². The molecule has 0 heterocycles. The number of amides is 1. The number of benzene rings is 1. The van der Waals surface area contributed by atoms with Crippen molar-refractivity contribution < 1.29 is 42.0 Å². The molecule has 1 aromatic rings. The molecule has 27 heavy (non-hydrogen) atoms. The minimum atomic E-state index is -5.02. The number of carbonyl (C=O) groups excluding carboxylic acids is 1. The van der Waals surface area contributed by atoms with Crippen LogP contribution < -0.4 is 19.5 Å². The van der Waals surface area contributed by atoms with Crippen LogP contribution in [0.3, 0.4) is 0 Å². The summed E-state index contributed by atoms with van der Waals surface area (Å²) in [5, 5.41) is 11.9. The average molecular weight is 393 g/mol. The van der Waals surface area contributed by atoms with Gasteiger partial charge in [0.1, 0.15) is 0 Å². The van der Waals surface area contributed by atoms with Gasteiger partial charge in [-0.05, 0) is 25.1 Å². The van der Waals surface area contributed by atoms with E-state index in [-0.39, 0.29) is 29.4 Å². The zero-order valence-corrected chi connectivity index (χ0v) is 15.3. The average Bonchev–Trinajstić information content (AvgIpc) is 2.63. The first kappa shape index (κ1) is 22.4. The second-order valence-electron chi connectivity index (χ2n) is 5.28. The number of rotatable bonds is 9. The molecule has 0 saturated carbocycles. The van der Waals surface area contributed by atoms with Crippen LogP contribution in [0.2, 0.25) is 0 Å². The third-order valence-corrected chi connectivity index (χ3v) is 3.54. The van der Waals surface area contributed by atoms with Gasteiger partial charge < -0.3 is 29.4 Å². The first-order chi connectivity index (χ1) is 12.6. The van der Waals surface area contributed by atoms with E-state index in [1.165, 1.54) is 33.5 Å². The lowest BCUT2D eigenvalue weighted by atomic mass is 10.0. The van der Waals surface area contributed by atoms with Gasteiger partial charge >= 0.3 is 6.18 Å². The monoisotopic (exact) mass is 393 g/mol. The number of carbonyl (C=O) groups is 1. The van der Waals surface area contributed by atoms with E-state index in [1.807, 2.05) is 5.32 Å². The number of hydrogen-bond donors (Lipinski definition) is 2. The third kappa shape index (κ3) is 5.43. The zero-order valence-electron chi connectivity index (χ0n) is 15.3. The standard InChI is InChI=1S/C17H22F3NO6/c1-5-27-7-6-16(23,17(18,19)20)10-21-15(22)11-8-12(24-2)14(26-4)13(9-11)25-3/h6-9,23H,5,10H2,1-4H3,(H,21,22)/b7-6+/t16-/m1/s1. The Bertz CT molecular complexity index is 652. The maximum atomic E-state index is 13.2. The predicted molar refractivity (Wildman–Crippen MR) is 90.2 cm³/mol. The third-order valence-electron chi connectivity index (χ3n) is 3.54. The number of methoxy groups -OCH3 is 3. The van der Waals surface area contributed by atoms with Crippen LogP contribution in [0.5, 0.6) is 17.2 Å². The molecule has 0 spiro atoms. The Labute approximate surface area is 154 Å². The highest BCUT2D eigenvalue weighted by Crippen LogP contribution is 2.38. The Morgan fingerprint density at radius 2 is 1.70 bits per heavy atom. The van der Waals surface area contributed by atoms with Gasteiger partial charge in [0, 0.05) is 5.56 Å². The molecule has 7 nitrogen and oxygen atoms in total. The highest BCUT2D eigenvalue weighted by atomic mass is 19.4. The molecule has 0 unspecified atom stereocenters. The summed E-state index contributed by atoms with van der Waals surface area (Å²) >= 11 is 0. The molecule has 1 rings (SSSR count). The smallest absolute Gasteiger partial charge is 0.422 e. The second kappa shape index (κ2) is 9.36. The molecule has 2 N–H and O–H groups in total. The summed E-state index contributed by atoms with van der Waals surface area (Å²) in [6.07, 6.45) is -3.85. The van der Waals surface area contributed by atoms with Gasteiger partial charge in [0.05, 0.1) is 40.7 Å². The fraction of sp³-hybridized carbons (Fsp3) is 0.471. The maximum absolute atomic E-state index is 13.2. The summed E-state index contributed by atoms with van der Waals surface area (Å²) in [7, 11) is 4.04. The molecule has 0 aromatic heterocycles. The van der Waals surface area contributed by atoms with Crippen LogP contribution in [-0.2, 0) is 4.74 Å². The van der Waals surface area contributed by atoms with E-state index in [0.717, 1.165) is 6.26 Å². The maximum Gasteiger partial charge on any atom is 0.422 e. The minimum Gasteiger partial charge on any atom is -0.502 e. The molecular formula is C17H22F3NO6. The molecule has 0 fully saturated rings. The molecule has 10 heteroatoms. The van der Waals surface area contributed by atoms with E-state index in [0.29, 0.717) is 6.08 Å². The summed E-state index contributed by atoms with van der Waals surface area (Å²) < 4.78 is 59.5. The lowest BCUT2D eigenvalue weighted by Crippen LogP contribution is -2.52. The van der Waals surface area contributed by atoms with Crippen molar-refractivity contribution >= 4 is 5.91 Å². The van der Waals surface area contributed by atoms with Crippen molar-refractivity contribution in [3.05, 3.63) is 30.0 Å². The van der Waals surface area contributed by atoms with Gasteiger partial charge in [-0.25, -0.2) is 0 Å². The Kier molecular flexibility index (Phi) is 7.77. The van der Waals surface area contributed by atoms with Gasteiger partial charge in [-0.1, -0.05) is 0 Å². The van der Waals surface area contributed by atoms with E-state index >= 15 is 0 Å². The number of nitrogens with one attached hydrogen (secondary N) is 1. The summed E-state index contributed by atoms with van der Waals surface area (Å²) in [5.41, 5.74) is -3.33.